The molecule has 200 valence electrons. The Hall–Kier alpha value is -4.25. The second-order valence-electron chi connectivity index (χ2n) is 8.99. The molecule has 11 heteroatoms. The lowest BCUT2D eigenvalue weighted by molar-refractivity contribution is -0.115. The molecule has 0 saturated heterocycles. The minimum atomic E-state index is -0.214. The van der Waals surface area contributed by atoms with E-state index in [0.29, 0.717) is 32.2 Å². The van der Waals surface area contributed by atoms with E-state index in [4.69, 9.17) is 16.0 Å². The molecule has 0 spiro atoms. The Morgan fingerprint density at radius 2 is 1.88 bits per heavy atom. The van der Waals surface area contributed by atoms with Crippen LogP contribution in [0.4, 0.5) is 10.8 Å². The molecule has 2 amide bonds. The second kappa shape index (κ2) is 11.1. The molecule has 0 aliphatic carbocycles. The summed E-state index contributed by atoms with van der Waals surface area (Å²) in [6.07, 6.45) is 1.64. The Bertz CT molecular complexity index is 1790. The van der Waals surface area contributed by atoms with E-state index in [-0.39, 0.29) is 24.8 Å². The van der Waals surface area contributed by atoms with Crippen molar-refractivity contribution in [2.24, 2.45) is 0 Å². The van der Waals surface area contributed by atoms with Gasteiger partial charge in [-0.2, -0.15) is 5.10 Å². The number of carbonyl (C=O) groups is 2. The van der Waals surface area contributed by atoms with Crippen molar-refractivity contribution in [2.75, 3.05) is 10.2 Å². The number of aryl methyl sites for hydroxylation is 1. The van der Waals surface area contributed by atoms with Crippen molar-refractivity contribution in [1.82, 2.24) is 14.8 Å². The third kappa shape index (κ3) is 5.42. The summed E-state index contributed by atoms with van der Waals surface area (Å²) in [7, 11) is 0. The van der Waals surface area contributed by atoms with E-state index < -0.39 is 0 Å². The number of carbonyl (C=O) groups excluding carboxylic acids is 2. The van der Waals surface area contributed by atoms with Gasteiger partial charge in [0, 0.05) is 21.5 Å². The molecular weight excluding hydrogens is 566 g/mol. The smallest absolute Gasteiger partial charge is 0.270 e. The van der Waals surface area contributed by atoms with Crippen molar-refractivity contribution in [3.8, 4) is 5.69 Å². The summed E-state index contributed by atoms with van der Waals surface area (Å²) in [5, 5.41) is 11.3. The second-order valence-corrected chi connectivity index (χ2v) is 11.3. The van der Waals surface area contributed by atoms with Crippen molar-refractivity contribution < 1.29 is 14.0 Å². The third-order valence-electron chi connectivity index (χ3n) is 6.14. The lowest BCUT2D eigenvalue weighted by atomic mass is 10.3. The first-order valence-electron chi connectivity index (χ1n) is 12.3. The number of halogens is 1. The summed E-state index contributed by atoms with van der Waals surface area (Å²) >= 11 is 8.62. The van der Waals surface area contributed by atoms with E-state index in [0.717, 1.165) is 21.6 Å². The number of para-hydroxylation sites is 1. The van der Waals surface area contributed by atoms with Gasteiger partial charge in [-0.05, 0) is 61.5 Å². The number of amides is 2. The normalized spacial score (nSPS) is 11.2. The first-order valence-corrected chi connectivity index (χ1v) is 14.4. The molecule has 0 radical (unpaired) electrons. The quantitative estimate of drug-likeness (QED) is 0.204. The Kier molecular flexibility index (Phi) is 7.21. The van der Waals surface area contributed by atoms with Gasteiger partial charge in [0.1, 0.15) is 10.6 Å². The van der Waals surface area contributed by atoms with Crippen LogP contribution in [0.1, 0.15) is 26.8 Å². The molecule has 4 heterocycles. The van der Waals surface area contributed by atoms with Crippen molar-refractivity contribution in [3.63, 3.8) is 0 Å². The molecule has 0 unspecified atom stereocenters. The molecule has 6 rings (SSSR count). The Balaban J connectivity index is 1.27. The number of hydrogen-bond donors (Lipinski definition) is 1. The van der Waals surface area contributed by atoms with Gasteiger partial charge in [0.05, 0.1) is 41.2 Å². The van der Waals surface area contributed by atoms with Crippen molar-refractivity contribution in [1.29, 1.82) is 0 Å². The van der Waals surface area contributed by atoms with Crippen LogP contribution in [0.2, 0.25) is 5.02 Å². The molecule has 6 aromatic rings. The third-order valence-corrected chi connectivity index (χ3v) is 8.40. The van der Waals surface area contributed by atoms with Crippen LogP contribution in [0.25, 0.3) is 15.9 Å². The molecule has 0 aliphatic heterocycles. The molecule has 1 N–H and O–H groups in total. The van der Waals surface area contributed by atoms with E-state index in [1.165, 1.54) is 22.7 Å². The summed E-state index contributed by atoms with van der Waals surface area (Å²) in [5.74, 6) is 0.204. The van der Waals surface area contributed by atoms with Gasteiger partial charge >= 0.3 is 0 Å². The maximum atomic E-state index is 13.9. The van der Waals surface area contributed by atoms with E-state index >= 15 is 0 Å². The lowest BCUT2D eigenvalue weighted by Gasteiger charge is -2.18. The first kappa shape index (κ1) is 26.0. The Labute approximate surface area is 242 Å². The molecular formula is C29H22ClN5O3S2. The highest BCUT2D eigenvalue weighted by Gasteiger charge is 2.26. The number of thiophene rings is 1. The van der Waals surface area contributed by atoms with E-state index in [2.05, 4.69) is 15.4 Å². The number of nitrogens with zero attached hydrogens (tertiary/aromatic N) is 4. The molecule has 0 bridgehead atoms. The van der Waals surface area contributed by atoms with Crippen LogP contribution in [0.5, 0.6) is 0 Å². The molecule has 0 fully saturated rings. The van der Waals surface area contributed by atoms with Crippen LogP contribution >= 0.6 is 34.3 Å². The number of aromatic nitrogens is 3. The lowest BCUT2D eigenvalue weighted by Crippen LogP contribution is -2.29. The first-order chi connectivity index (χ1) is 19.4. The van der Waals surface area contributed by atoms with Gasteiger partial charge in [-0.15, -0.1) is 22.7 Å². The largest absolute Gasteiger partial charge is 0.467 e. The maximum absolute atomic E-state index is 13.9. The predicted molar refractivity (Wildman–Crippen MR) is 159 cm³/mol. The van der Waals surface area contributed by atoms with E-state index in [1.807, 2.05) is 54.1 Å². The summed E-state index contributed by atoms with van der Waals surface area (Å²) in [6.45, 7) is 2.14. The van der Waals surface area contributed by atoms with Crippen molar-refractivity contribution in [3.05, 3.63) is 111 Å². The van der Waals surface area contributed by atoms with Gasteiger partial charge in [-0.25, -0.2) is 9.67 Å². The topological polar surface area (TPSA) is 93.3 Å². The zero-order valence-corrected chi connectivity index (χ0v) is 23.6. The highest BCUT2D eigenvalue weighted by molar-refractivity contribution is 7.20. The average Bonchev–Trinajstić information content (AvgIpc) is 3.76. The highest BCUT2D eigenvalue weighted by Crippen LogP contribution is 2.33. The SMILES string of the molecule is Cc1nn(-c2ccccc2)c2sc(C(=O)N(Cc3ccco3)c3nc(CC(=O)Nc4ccc(Cl)cc4)cs3)cc12. The highest BCUT2D eigenvalue weighted by atomic mass is 35.5. The minimum Gasteiger partial charge on any atom is -0.467 e. The van der Waals surface area contributed by atoms with E-state index in [9.17, 15) is 9.59 Å². The van der Waals surface area contributed by atoms with Crippen LogP contribution in [0.15, 0.2) is 88.9 Å². The zero-order valence-electron chi connectivity index (χ0n) is 21.2. The van der Waals surface area contributed by atoms with Crippen molar-refractivity contribution in [2.45, 2.75) is 19.9 Å². The zero-order chi connectivity index (χ0) is 27.6. The number of anilines is 2. The summed E-state index contributed by atoms with van der Waals surface area (Å²) in [5.41, 5.74) is 2.98. The average molecular weight is 588 g/mol. The molecule has 0 saturated carbocycles. The number of benzene rings is 2. The number of thiazole rings is 1. The maximum Gasteiger partial charge on any atom is 0.270 e. The number of hydrogen-bond acceptors (Lipinski definition) is 7. The van der Waals surface area contributed by atoms with Gasteiger partial charge < -0.3 is 9.73 Å². The number of fused-ring (bicyclic) bond motifs is 1. The predicted octanol–water partition coefficient (Wildman–Crippen LogP) is 7.13. The van der Waals surface area contributed by atoms with Gasteiger partial charge in [0.2, 0.25) is 5.91 Å². The molecule has 40 heavy (non-hydrogen) atoms. The standard InChI is InChI=1S/C29H22ClN5O3S2/c1-18-24-15-25(40-28(24)35(33-18)22-6-3-2-4-7-22)27(37)34(16-23-8-5-13-38-23)29-32-21(17-39-29)14-26(36)31-20-11-9-19(30)10-12-20/h2-13,15,17H,14,16H2,1H3,(H,31,36). The van der Waals surface area contributed by atoms with E-state index in [1.54, 1.807) is 46.9 Å². The summed E-state index contributed by atoms with van der Waals surface area (Å²) < 4.78 is 7.42. The van der Waals surface area contributed by atoms with Crippen LogP contribution in [0, 0.1) is 6.92 Å². The van der Waals surface area contributed by atoms with Gasteiger partial charge in [-0.3, -0.25) is 14.5 Å². The molecule has 2 aromatic carbocycles. The molecule has 4 aromatic heterocycles. The van der Waals surface area contributed by atoms with Crippen LogP contribution < -0.4 is 10.2 Å². The van der Waals surface area contributed by atoms with Gasteiger partial charge in [0.15, 0.2) is 5.13 Å². The Morgan fingerprint density at radius 3 is 2.62 bits per heavy atom. The minimum absolute atomic E-state index is 0.0664. The fraction of sp³-hybridized carbons (Fsp3) is 0.103. The summed E-state index contributed by atoms with van der Waals surface area (Å²) in [6, 6.07) is 22.2. The van der Waals surface area contributed by atoms with Crippen LogP contribution in [0.3, 0.4) is 0 Å². The molecule has 8 nitrogen and oxygen atoms in total. The monoisotopic (exact) mass is 587 g/mol. The van der Waals surface area contributed by atoms with Crippen molar-refractivity contribution >= 4 is 67.1 Å². The van der Waals surface area contributed by atoms with Crippen LogP contribution in [-0.4, -0.2) is 26.6 Å². The summed E-state index contributed by atoms with van der Waals surface area (Å²) in [4.78, 5) is 34.3. The van der Waals surface area contributed by atoms with Gasteiger partial charge in [-0.1, -0.05) is 29.8 Å². The molecule has 0 atom stereocenters. The number of rotatable bonds is 8. The number of furan rings is 1. The Morgan fingerprint density at radius 1 is 1.07 bits per heavy atom. The molecule has 0 aliphatic rings. The van der Waals surface area contributed by atoms with Crippen LogP contribution in [-0.2, 0) is 17.8 Å². The van der Waals surface area contributed by atoms with Gasteiger partial charge in [0.25, 0.3) is 5.91 Å². The fourth-order valence-electron chi connectivity index (χ4n) is 4.22. The number of nitrogens with one attached hydrogen (secondary N) is 1. The fourth-order valence-corrected chi connectivity index (χ4v) is 6.30.